The number of pyridine rings is 1. The summed E-state index contributed by atoms with van der Waals surface area (Å²) in [5.41, 5.74) is 0.971. The van der Waals surface area contributed by atoms with Gasteiger partial charge in [-0.2, -0.15) is 0 Å². The van der Waals surface area contributed by atoms with Gasteiger partial charge in [-0.25, -0.2) is 4.98 Å². The quantitative estimate of drug-likeness (QED) is 0.793. The van der Waals surface area contributed by atoms with E-state index in [-0.39, 0.29) is 0 Å². The molecule has 0 unspecified atom stereocenters. The van der Waals surface area contributed by atoms with E-state index in [0.717, 1.165) is 18.0 Å². The van der Waals surface area contributed by atoms with E-state index < -0.39 is 0 Å². The van der Waals surface area contributed by atoms with E-state index in [0.29, 0.717) is 12.5 Å². The summed E-state index contributed by atoms with van der Waals surface area (Å²) >= 11 is 0. The first-order valence-corrected chi connectivity index (χ1v) is 5.80. The maximum atomic E-state index is 5.57. The monoisotopic (exact) mass is 244 g/mol. The van der Waals surface area contributed by atoms with Gasteiger partial charge in [-0.1, -0.05) is 18.2 Å². The third-order valence-corrected chi connectivity index (χ3v) is 2.39. The Morgan fingerprint density at radius 3 is 2.78 bits per heavy atom. The normalized spacial score (nSPS) is 9.83. The first-order chi connectivity index (χ1) is 8.88. The second-order valence-electron chi connectivity index (χ2n) is 3.68. The molecular formula is C14H16N2O2. The highest BCUT2D eigenvalue weighted by Crippen LogP contribution is 2.13. The molecule has 4 nitrogen and oxygen atoms in total. The zero-order valence-corrected chi connectivity index (χ0v) is 10.3. The van der Waals surface area contributed by atoms with Crippen molar-refractivity contribution in [2.45, 2.75) is 0 Å². The molecular weight excluding hydrogens is 228 g/mol. The number of methoxy groups -OCH3 is 1. The van der Waals surface area contributed by atoms with Crippen LogP contribution in [0.1, 0.15) is 0 Å². The lowest BCUT2D eigenvalue weighted by Crippen LogP contribution is -2.11. The molecule has 18 heavy (non-hydrogen) atoms. The van der Waals surface area contributed by atoms with Crippen LogP contribution >= 0.6 is 0 Å². The molecule has 2 aromatic rings. The summed E-state index contributed by atoms with van der Waals surface area (Å²) in [4.78, 5) is 4.04. The zero-order chi connectivity index (χ0) is 12.6. The largest absolute Gasteiger partial charge is 0.492 e. The van der Waals surface area contributed by atoms with Gasteiger partial charge in [-0.15, -0.1) is 0 Å². The van der Waals surface area contributed by atoms with Gasteiger partial charge in [0.2, 0.25) is 5.88 Å². The summed E-state index contributed by atoms with van der Waals surface area (Å²) < 4.78 is 10.6. The summed E-state index contributed by atoms with van der Waals surface area (Å²) in [5, 5.41) is 3.24. The molecule has 1 heterocycles. The van der Waals surface area contributed by atoms with Gasteiger partial charge in [0.05, 0.1) is 7.11 Å². The fourth-order valence-corrected chi connectivity index (χ4v) is 1.51. The number of hydrogen-bond donors (Lipinski definition) is 1. The molecule has 1 aromatic carbocycles. The fraction of sp³-hybridized carbons (Fsp3) is 0.214. The first-order valence-electron chi connectivity index (χ1n) is 5.80. The van der Waals surface area contributed by atoms with Crippen LogP contribution in [0.15, 0.2) is 48.7 Å². The van der Waals surface area contributed by atoms with Crippen LogP contribution in [0.5, 0.6) is 11.6 Å². The van der Waals surface area contributed by atoms with Gasteiger partial charge in [0.15, 0.2) is 0 Å². The number of para-hydroxylation sites is 1. The maximum Gasteiger partial charge on any atom is 0.214 e. The summed E-state index contributed by atoms with van der Waals surface area (Å²) in [7, 11) is 1.60. The predicted molar refractivity (Wildman–Crippen MR) is 71.2 cm³/mol. The Balaban J connectivity index is 1.75. The molecule has 0 aliphatic heterocycles. The molecule has 0 saturated heterocycles. The number of nitrogens with zero attached hydrogens (tertiary/aromatic N) is 1. The fourth-order valence-electron chi connectivity index (χ4n) is 1.51. The summed E-state index contributed by atoms with van der Waals surface area (Å²) in [6.07, 6.45) is 1.71. The Bertz CT molecular complexity index is 474. The van der Waals surface area contributed by atoms with Crippen molar-refractivity contribution in [3.05, 3.63) is 48.7 Å². The number of hydrogen-bond acceptors (Lipinski definition) is 4. The second kappa shape index (κ2) is 6.49. The van der Waals surface area contributed by atoms with Crippen molar-refractivity contribution in [2.24, 2.45) is 0 Å². The molecule has 0 fully saturated rings. The third-order valence-electron chi connectivity index (χ3n) is 2.39. The number of benzene rings is 1. The molecule has 2 rings (SSSR count). The smallest absolute Gasteiger partial charge is 0.214 e. The van der Waals surface area contributed by atoms with Crippen molar-refractivity contribution in [2.75, 3.05) is 25.6 Å². The van der Waals surface area contributed by atoms with Crippen molar-refractivity contribution < 1.29 is 9.47 Å². The minimum absolute atomic E-state index is 0.601. The number of nitrogens with one attached hydrogen (secondary N) is 1. The summed E-state index contributed by atoms with van der Waals surface area (Å²) in [5.74, 6) is 1.48. The molecule has 0 aliphatic carbocycles. The molecule has 4 heteroatoms. The summed E-state index contributed by atoms with van der Waals surface area (Å²) in [6, 6.07) is 13.5. The highest BCUT2D eigenvalue weighted by Gasteiger charge is 1.96. The highest BCUT2D eigenvalue weighted by atomic mass is 16.5. The molecule has 0 spiro atoms. The van der Waals surface area contributed by atoms with Gasteiger partial charge in [-0.3, -0.25) is 0 Å². The SMILES string of the molecule is COc1cc(NCCOc2ccccc2)ccn1. The van der Waals surface area contributed by atoms with Gasteiger partial charge >= 0.3 is 0 Å². The number of rotatable bonds is 6. The molecule has 1 N–H and O–H groups in total. The standard InChI is InChI=1S/C14H16N2O2/c1-17-14-11-12(7-8-16-14)15-9-10-18-13-5-3-2-4-6-13/h2-8,11H,9-10H2,1H3,(H,15,16). The van der Waals surface area contributed by atoms with Crippen molar-refractivity contribution in [3.8, 4) is 11.6 Å². The second-order valence-corrected chi connectivity index (χ2v) is 3.68. The number of ether oxygens (including phenoxy) is 2. The van der Waals surface area contributed by atoms with Crippen molar-refractivity contribution in [3.63, 3.8) is 0 Å². The average molecular weight is 244 g/mol. The Labute approximate surface area is 107 Å². The molecule has 0 atom stereocenters. The van der Waals surface area contributed by atoms with Crippen molar-refractivity contribution >= 4 is 5.69 Å². The molecule has 0 radical (unpaired) electrons. The summed E-state index contributed by atoms with van der Waals surface area (Å²) in [6.45, 7) is 1.33. The van der Waals surface area contributed by atoms with E-state index in [1.807, 2.05) is 42.5 Å². The molecule has 0 saturated carbocycles. The van der Waals surface area contributed by atoms with Gasteiger partial charge < -0.3 is 14.8 Å². The third kappa shape index (κ3) is 3.66. The molecule has 0 bridgehead atoms. The lowest BCUT2D eigenvalue weighted by molar-refractivity contribution is 0.333. The van der Waals surface area contributed by atoms with E-state index in [1.54, 1.807) is 13.3 Å². The van der Waals surface area contributed by atoms with Crippen LogP contribution in [0, 0.1) is 0 Å². The minimum Gasteiger partial charge on any atom is -0.492 e. The van der Waals surface area contributed by atoms with Crippen LogP contribution < -0.4 is 14.8 Å². The van der Waals surface area contributed by atoms with Crippen LogP contribution in [-0.2, 0) is 0 Å². The van der Waals surface area contributed by atoms with Crippen molar-refractivity contribution in [1.82, 2.24) is 4.98 Å². The van der Waals surface area contributed by atoms with E-state index in [2.05, 4.69) is 10.3 Å². The van der Waals surface area contributed by atoms with E-state index in [9.17, 15) is 0 Å². The number of aromatic nitrogens is 1. The Kier molecular flexibility index (Phi) is 4.41. The van der Waals surface area contributed by atoms with Crippen LogP contribution in [-0.4, -0.2) is 25.2 Å². The van der Waals surface area contributed by atoms with E-state index >= 15 is 0 Å². The van der Waals surface area contributed by atoms with E-state index in [1.165, 1.54) is 0 Å². The zero-order valence-electron chi connectivity index (χ0n) is 10.3. The Morgan fingerprint density at radius 1 is 1.17 bits per heavy atom. The Hall–Kier alpha value is -2.23. The van der Waals surface area contributed by atoms with Crippen LogP contribution in [0.4, 0.5) is 5.69 Å². The van der Waals surface area contributed by atoms with Crippen LogP contribution in [0.2, 0.25) is 0 Å². The minimum atomic E-state index is 0.601. The van der Waals surface area contributed by atoms with Gasteiger partial charge in [-0.05, 0) is 18.2 Å². The predicted octanol–water partition coefficient (Wildman–Crippen LogP) is 2.58. The Morgan fingerprint density at radius 2 is 2.00 bits per heavy atom. The lowest BCUT2D eigenvalue weighted by atomic mass is 10.3. The van der Waals surface area contributed by atoms with Crippen LogP contribution in [0.25, 0.3) is 0 Å². The molecule has 0 aliphatic rings. The molecule has 94 valence electrons. The van der Waals surface area contributed by atoms with Crippen molar-refractivity contribution in [1.29, 1.82) is 0 Å². The van der Waals surface area contributed by atoms with Gasteiger partial charge in [0, 0.05) is 24.5 Å². The number of anilines is 1. The molecule has 1 aromatic heterocycles. The van der Waals surface area contributed by atoms with Crippen LogP contribution in [0.3, 0.4) is 0 Å². The lowest BCUT2D eigenvalue weighted by Gasteiger charge is -2.09. The first kappa shape index (κ1) is 12.2. The van der Waals surface area contributed by atoms with E-state index in [4.69, 9.17) is 9.47 Å². The average Bonchev–Trinajstić information content (AvgIpc) is 2.45. The van der Waals surface area contributed by atoms with Gasteiger partial charge in [0.1, 0.15) is 12.4 Å². The highest BCUT2D eigenvalue weighted by molar-refractivity contribution is 5.44. The van der Waals surface area contributed by atoms with Gasteiger partial charge in [0.25, 0.3) is 0 Å². The topological polar surface area (TPSA) is 43.4 Å². The molecule has 0 amide bonds. The maximum absolute atomic E-state index is 5.57.